The average molecular weight is 703 g/mol. The second kappa shape index (κ2) is 14.6. The molecule has 1 atom stereocenters. The SMILES string of the molecule is CCc1cc(C[C@@H](OC(=O)N2CCC(n3c(=O)[nH]c4c5ccccc5ncc43)CC2)C(=O)N2CCC(N3CCN(C)CC3)CC2)cc(Cl)c1N. The minimum Gasteiger partial charge on any atom is -0.436 e. The van der Waals surface area contributed by atoms with Crippen molar-refractivity contribution in [2.24, 2.45) is 0 Å². The number of pyridine rings is 1. The van der Waals surface area contributed by atoms with Gasteiger partial charge in [0.05, 0.1) is 33.5 Å². The van der Waals surface area contributed by atoms with Crippen molar-refractivity contribution in [2.75, 3.05) is 65.1 Å². The van der Waals surface area contributed by atoms with Gasteiger partial charge in [-0.3, -0.25) is 19.2 Å². The van der Waals surface area contributed by atoms with Crippen LogP contribution in [0.3, 0.4) is 0 Å². The highest BCUT2D eigenvalue weighted by Crippen LogP contribution is 2.30. The van der Waals surface area contributed by atoms with E-state index in [0.717, 1.165) is 72.1 Å². The first kappa shape index (κ1) is 34.3. The van der Waals surface area contributed by atoms with Gasteiger partial charge in [-0.25, -0.2) is 9.59 Å². The third-order valence-electron chi connectivity index (χ3n) is 11.0. The van der Waals surface area contributed by atoms with E-state index in [4.69, 9.17) is 22.1 Å². The summed E-state index contributed by atoms with van der Waals surface area (Å²) in [5, 5.41) is 1.33. The van der Waals surface area contributed by atoms with E-state index in [1.165, 1.54) is 0 Å². The number of amides is 2. The lowest BCUT2D eigenvalue weighted by Crippen LogP contribution is -2.54. The Morgan fingerprint density at radius 3 is 2.38 bits per heavy atom. The van der Waals surface area contributed by atoms with Crippen molar-refractivity contribution in [3.8, 4) is 0 Å². The summed E-state index contributed by atoms with van der Waals surface area (Å²) < 4.78 is 7.87. The number of rotatable bonds is 7. The third-order valence-corrected chi connectivity index (χ3v) is 11.3. The first-order chi connectivity index (χ1) is 24.2. The number of hydrogen-bond acceptors (Lipinski definition) is 8. The summed E-state index contributed by atoms with van der Waals surface area (Å²) >= 11 is 6.49. The molecule has 12 nitrogen and oxygen atoms in total. The summed E-state index contributed by atoms with van der Waals surface area (Å²) in [5.41, 5.74) is 10.6. The number of nitrogens with two attached hydrogens (primary N) is 1. The fourth-order valence-electron chi connectivity index (χ4n) is 7.97. The smallest absolute Gasteiger partial charge is 0.410 e. The number of carbonyl (C=O) groups excluding carboxylic acids is 2. The number of nitrogens with one attached hydrogen (secondary N) is 1. The van der Waals surface area contributed by atoms with Crippen molar-refractivity contribution in [1.82, 2.24) is 34.1 Å². The predicted molar refractivity (Wildman–Crippen MR) is 196 cm³/mol. The van der Waals surface area contributed by atoms with Crippen molar-refractivity contribution in [1.29, 1.82) is 0 Å². The lowest BCUT2D eigenvalue weighted by molar-refractivity contribution is -0.142. The summed E-state index contributed by atoms with van der Waals surface area (Å²) in [5.74, 6) is -0.180. The molecule has 4 aromatic rings. The Morgan fingerprint density at radius 1 is 0.980 bits per heavy atom. The highest BCUT2D eigenvalue weighted by molar-refractivity contribution is 6.33. The van der Waals surface area contributed by atoms with Gasteiger partial charge in [0.15, 0.2) is 6.10 Å². The first-order valence-electron chi connectivity index (χ1n) is 17.9. The van der Waals surface area contributed by atoms with Crippen LogP contribution in [0.2, 0.25) is 5.02 Å². The summed E-state index contributed by atoms with van der Waals surface area (Å²) in [6, 6.07) is 11.8. The summed E-state index contributed by atoms with van der Waals surface area (Å²) in [7, 11) is 2.16. The molecule has 2 aromatic carbocycles. The van der Waals surface area contributed by atoms with Crippen LogP contribution in [0.1, 0.15) is 49.8 Å². The molecule has 5 heterocycles. The minimum atomic E-state index is -1.000. The van der Waals surface area contributed by atoms with Gasteiger partial charge in [0.25, 0.3) is 5.91 Å². The van der Waals surface area contributed by atoms with E-state index in [1.807, 2.05) is 42.2 Å². The summed E-state index contributed by atoms with van der Waals surface area (Å²) in [4.78, 5) is 57.0. The molecular weight excluding hydrogens is 656 g/mol. The van der Waals surface area contributed by atoms with Gasteiger partial charge in [-0.2, -0.15) is 0 Å². The van der Waals surface area contributed by atoms with Gasteiger partial charge < -0.3 is 30.2 Å². The number of hydrogen-bond donors (Lipinski definition) is 2. The average Bonchev–Trinajstić information content (AvgIpc) is 3.49. The quantitative estimate of drug-likeness (QED) is 0.273. The number of aromatic amines is 1. The van der Waals surface area contributed by atoms with Crippen LogP contribution in [-0.2, 0) is 22.4 Å². The largest absolute Gasteiger partial charge is 0.436 e. The Balaban J connectivity index is 1.04. The van der Waals surface area contributed by atoms with E-state index in [-0.39, 0.29) is 24.1 Å². The highest BCUT2D eigenvalue weighted by atomic mass is 35.5. The number of fused-ring (bicyclic) bond motifs is 3. The number of H-pyrrole nitrogens is 1. The third kappa shape index (κ3) is 6.93. The molecule has 0 spiro atoms. The fraction of sp³-hybridized carbons (Fsp3) is 0.514. The number of halogens is 1. The van der Waals surface area contributed by atoms with Crippen molar-refractivity contribution in [3.05, 3.63) is 69.2 Å². The molecule has 0 aliphatic carbocycles. The maximum Gasteiger partial charge on any atom is 0.410 e. The van der Waals surface area contributed by atoms with Crippen LogP contribution in [0, 0.1) is 0 Å². The molecule has 3 aliphatic heterocycles. The van der Waals surface area contributed by atoms with E-state index in [2.05, 4.69) is 26.8 Å². The van der Waals surface area contributed by atoms with Gasteiger partial charge in [-0.1, -0.05) is 42.8 Å². The molecule has 2 amide bonds. The molecule has 3 aliphatic rings. The number of nitrogen functional groups attached to an aromatic ring is 1. The Bertz CT molecular complexity index is 1920. The van der Waals surface area contributed by atoms with Crippen molar-refractivity contribution in [3.63, 3.8) is 0 Å². The minimum absolute atomic E-state index is 0.105. The second-order valence-corrected chi connectivity index (χ2v) is 14.4. The molecule has 0 radical (unpaired) electrons. The van der Waals surface area contributed by atoms with Crippen molar-refractivity contribution in [2.45, 2.75) is 63.6 Å². The zero-order valence-corrected chi connectivity index (χ0v) is 29.7. The number of aromatic nitrogens is 3. The zero-order valence-electron chi connectivity index (χ0n) is 28.9. The van der Waals surface area contributed by atoms with Crippen molar-refractivity contribution < 1.29 is 14.3 Å². The number of likely N-dealkylation sites (tertiary alicyclic amines) is 2. The Labute approximate surface area is 297 Å². The molecule has 13 heteroatoms. The maximum atomic E-state index is 14.1. The summed E-state index contributed by atoms with van der Waals surface area (Å²) in [6.45, 7) is 8.27. The molecule has 3 saturated heterocycles. The summed E-state index contributed by atoms with van der Waals surface area (Å²) in [6.07, 6.45) is 4.06. The van der Waals surface area contributed by atoms with E-state index in [1.54, 1.807) is 21.7 Å². The number of aryl methyl sites for hydroxylation is 1. The fourth-order valence-corrected chi connectivity index (χ4v) is 8.23. The van der Waals surface area contributed by atoms with Crippen LogP contribution >= 0.6 is 11.6 Å². The Morgan fingerprint density at radius 2 is 1.66 bits per heavy atom. The van der Waals surface area contributed by atoms with E-state index in [0.29, 0.717) is 62.2 Å². The Kier molecular flexibility index (Phi) is 10.0. The molecule has 266 valence electrons. The number of piperidine rings is 2. The number of nitrogens with zero attached hydrogens (tertiary/aromatic N) is 6. The molecule has 0 unspecified atom stereocenters. The number of benzene rings is 2. The maximum absolute atomic E-state index is 14.1. The highest BCUT2D eigenvalue weighted by Gasteiger charge is 2.35. The molecule has 7 rings (SSSR count). The van der Waals surface area contributed by atoms with Crippen LogP contribution in [-0.4, -0.2) is 118 Å². The number of ether oxygens (including phenoxy) is 1. The van der Waals surface area contributed by atoms with Crippen LogP contribution in [0.25, 0.3) is 21.9 Å². The lowest BCUT2D eigenvalue weighted by Gasteiger charge is -2.42. The lowest BCUT2D eigenvalue weighted by atomic mass is 9.99. The molecule has 3 fully saturated rings. The monoisotopic (exact) mass is 702 g/mol. The Hall–Kier alpha value is -4.13. The number of anilines is 1. The van der Waals surface area contributed by atoms with Crippen LogP contribution in [0.15, 0.2) is 47.4 Å². The number of piperazine rings is 1. The zero-order chi connectivity index (χ0) is 34.9. The number of para-hydroxylation sites is 1. The van der Waals surface area contributed by atoms with Gasteiger partial charge in [-0.05, 0) is 62.4 Å². The van der Waals surface area contributed by atoms with Crippen LogP contribution in [0.4, 0.5) is 10.5 Å². The van der Waals surface area contributed by atoms with Crippen LogP contribution in [0.5, 0.6) is 0 Å². The van der Waals surface area contributed by atoms with Gasteiger partial charge in [0.1, 0.15) is 0 Å². The molecular formula is C37H47ClN8O4. The number of likely N-dealkylation sites (N-methyl/N-ethyl adjacent to an activating group) is 1. The van der Waals surface area contributed by atoms with E-state index >= 15 is 0 Å². The molecule has 0 saturated carbocycles. The first-order valence-corrected chi connectivity index (χ1v) is 18.3. The van der Waals surface area contributed by atoms with Gasteiger partial charge in [0.2, 0.25) is 0 Å². The van der Waals surface area contributed by atoms with Crippen LogP contribution < -0.4 is 11.4 Å². The topological polar surface area (TPSA) is 133 Å². The number of carbonyl (C=O) groups is 2. The molecule has 0 bridgehead atoms. The van der Waals surface area contributed by atoms with E-state index < -0.39 is 12.2 Å². The van der Waals surface area contributed by atoms with E-state index in [9.17, 15) is 14.4 Å². The second-order valence-electron chi connectivity index (χ2n) is 14.0. The van der Waals surface area contributed by atoms with Crippen molar-refractivity contribution >= 4 is 51.2 Å². The van der Waals surface area contributed by atoms with Gasteiger partial charge in [-0.15, -0.1) is 0 Å². The number of imidazole rings is 1. The standard InChI is InChI=1S/C37H47ClN8O4/c1-3-25-20-24(21-29(38)33(25)39)22-32(35(47)44-12-8-26(9-13-44)43-18-16-42(2)17-19-43)50-37(49)45-14-10-27(11-15-45)46-31-23-40-30-7-5-4-6-28(30)34(31)41-36(46)48/h4-7,20-21,23,26-27,32H,3,8-19,22,39H2,1-2H3,(H,41,48)/t32-/m1/s1. The molecule has 2 aromatic heterocycles. The molecule has 3 N–H and O–H groups in total. The normalized spacial score (nSPS) is 19.3. The van der Waals surface area contributed by atoms with Gasteiger partial charge >= 0.3 is 11.8 Å². The van der Waals surface area contributed by atoms with Gasteiger partial charge in [0, 0.05) is 76.2 Å². The molecule has 50 heavy (non-hydrogen) atoms. The predicted octanol–water partition coefficient (Wildman–Crippen LogP) is 4.30.